The van der Waals surface area contributed by atoms with Crippen LogP contribution in [0, 0.1) is 0 Å². The first-order chi connectivity index (χ1) is 9.94. The van der Waals surface area contributed by atoms with Crippen LogP contribution in [0.25, 0.3) is 0 Å². The van der Waals surface area contributed by atoms with Gasteiger partial charge in [-0.1, -0.05) is 29.3 Å². The minimum atomic E-state index is -0.859. The highest BCUT2D eigenvalue weighted by atomic mass is 35.5. The molecule has 1 amide bonds. The van der Waals surface area contributed by atoms with Crippen molar-refractivity contribution in [2.24, 2.45) is 0 Å². The van der Waals surface area contributed by atoms with Crippen LogP contribution in [-0.2, 0) is 9.59 Å². The summed E-state index contributed by atoms with van der Waals surface area (Å²) in [4.78, 5) is 23.0. The molecule has 0 heterocycles. The van der Waals surface area contributed by atoms with Gasteiger partial charge in [-0.05, 0) is 31.4 Å². The lowest BCUT2D eigenvalue weighted by molar-refractivity contribution is -0.149. The predicted octanol–water partition coefficient (Wildman–Crippen LogP) is 2.92. The van der Waals surface area contributed by atoms with Crippen molar-refractivity contribution in [2.45, 2.75) is 31.2 Å². The van der Waals surface area contributed by atoms with Crippen molar-refractivity contribution < 1.29 is 14.7 Å². The second kappa shape index (κ2) is 6.64. The van der Waals surface area contributed by atoms with Gasteiger partial charge in [-0.3, -0.25) is 9.59 Å². The molecule has 1 aromatic carbocycles. The van der Waals surface area contributed by atoms with Gasteiger partial charge in [-0.25, -0.2) is 0 Å². The third-order valence-corrected chi connectivity index (χ3v) is 4.29. The van der Waals surface area contributed by atoms with E-state index in [0.29, 0.717) is 35.1 Å². The maximum Gasteiger partial charge on any atom is 0.323 e. The number of carbonyl (C=O) groups is 2. The SMILES string of the molecule is O=C(CCNC1(C(=O)O)CCC1)Nc1c(Cl)cccc1Cl. The van der Waals surface area contributed by atoms with E-state index >= 15 is 0 Å². The Morgan fingerprint density at radius 3 is 2.33 bits per heavy atom. The zero-order chi connectivity index (χ0) is 15.5. The Morgan fingerprint density at radius 2 is 1.86 bits per heavy atom. The molecule has 114 valence electrons. The summed E-state index contributed by atoms with van der Waals surface area (Å²) < 4.78 is 0. The number of hydrogen-bond acceptors (Lipinski definition) is 3. The lowest BCUT2D eigenvalue weighted by Gasteiger charge is -2.38. The summed E-state index contributed by atoms with van der Waals surface area (Å²) in [5, 5.41) is 15.5. The van der Waals surface area contributed by atoms with Gasteiger partial charge in [-0.15, -0.1) is 0 Å². The molecule has 0 aliphatic heterocycles. The number of nitrogens with one attached hydrogen (secondary N) is 2. The Labute approximate surface area is 132 Å². The van der Waals surface area contributed by atoms with E-state index in [2.05, 4.69) is 10.6 Å². The van der Waals surface area contributed by atoms with Gasteiger partial charge in [0.15, 0.2) is 0 Å². The lowest BCUT2D eigenvalue weighted by atomic mass is 9.77. The van der Waals surface area contributed by atoms with Crippen molar-refractivity contribution in [3.8, 4) is 0 Å². The molecule has 0 aromatic heterocycles. The van der Waals surface area contributed by atoms with Crippen molar-refractivity contribution in [3.05, 3.63) is 28.2 Å². The normalized spacial score (nSPS) is 16.1. The van der Waals surface area contributed by atoms with Gasteiger partial charge in [0.25, 0.3) is 0 Å². The summed E-state index contributed by atoms with van der Waals surface area (Å²) in [5.41, 5.74) is -0.482. The zero-order valence-corrected chi connectivity index (χ0v) is 12.8. The van der Waals surface area contributed by atoms with E-state index in [0.717, 1.165) is 6.42 Å². The van der Waals surface area contributed by atoms with Crippen LogP contribution in [0.3, 0.4) is 0 Å². The fourth-order valence-corrected chi connectivity index (χ4v) is 2.72. The Balaban J connectivity index is 1.84. The minimum absolute atomic E-state index is 0.149. The molecule has 0 unspecified atom stereocenters. The maximum atomic E-state index is 11.9. The maximum absolute atomic E-state index is 11.9. The van der Waals surface area contributed by atoms with Crippen LogP contribution in [0.2, 0.25) is 10.0 Å². The van der Waals surface area contributed by atoms with Crippen LogP contribution >= 0.6 is 23.2 Å². The highest BCUT2D eigenvalue weighted by molar-refractivity contribution is 6.39. The van der Waals surface area contributed by atoms with E-state index in [1.165, 1.54) is 0 Å². The van der Waals surface area contributed by atoms with E-state index < -0.39 is 11.5 Å². The number of rotatable bonds is 6. The molecular formula is C14H16Cl2N2O3. The van der Waals surface area contributed by atoms with Gasteiger partial charge < -0.3 is 15.7 Å². The monoisotopic (exact) mass is 330 g/mol. The number of carboxylic acids is 1. The van der Waals surface area contributed by atoms with Crippen LogP contribution < -0.4 is 10.6 Å². The molecule has 0 radical (unpaired) electrons. The van der Waals surface area contributed by atoms with E-state index in [-0.39, 0.29) is 12.3 Å². The second-order valence-electron chi connectivity index (χ2n) is 5.06. The van der Waals surface area contributed by atoms with Crippen LogP contribution in [0.4, 0.5) is 5.69 Å². The third kappa shape index (κ3) is 3.67. The topological polar surface area (TPSA) is 78.4 Å². The summed E-state index contributed by atoms with van der Waals surface area (Å²) in [6.45, 7) is 0.292. The first-order valence-corrected chi connectivity index (χ1v) is 7.42. The van der Waals surface area contributed by atoms with Crippen molar-refractivity contribution in [2.75, 3.05) is 11.9 Å². The summed E-state index contributed by atoms with van der Waals surface area (Å²) in [7, 11) is 0. The lowest BCUT2D eigenvalue weighted by Crippen LogP contribution is -2.57. The first kappa shape index (κ1) is 16.1. The molecular weight excluding hydrogens is 315 g/mol. The fraction of sp³-hybridized carbons (Fsp3) is 0.429. The number of hydrogen-bond donors (Lipinski definition) is 3. The molecule has 0 bridgehead atoms. The van der Waals surface area contributed by atoms with Crippen molar-refractivity contribution in [3.63, 3.8) is 0 Å². The van der Waals surface area contributed by atoms with E-state index in [1.54, 1.807) is 18.2 Å². The molecule has 1 aromatic rings. The molecule has 0 atom stereocenters. The molecule has 0 saturated heterocycles. The quantitative estimate of drug-likeness (QED) is 0.749. The molecule has 1 saturated carbocycles. The Morgan fingerprint density at radius 1 is 1.24 bits per heavy atom. The Hall–Kier alpha value is -1.30. The number of halogens is 2. The summed E-state index contributed by atoms with van der Waals surface area (Å²) in [5.74, 6) is -1.12. The number of aliphatic carboxylic acids is 1. The van der Waals surface area contributed by atoms with Gasteiger partial charge in [0.05, 0.1) is 15.7 Å². The van der Waals surface area contributed by atoms with Gasteiger partial charge in [0.2, 0.25) is 5.91 Å². The Bertz CT molecular complexity index is 539. The molecule has 21 heavy (non-hydrogen) atoms. The smallest absolute Gasteiger partial charge is 0.323 e. The highest BCUT2D eigenvalue weighted by Gasteiger charge is 2.43. The minimum Gasteiger partial charge on any atom is -0.480 e. The number of carbonyl (C=O) groups excluding carboxylic acids is 1. The molecule has 1 aliphatic rings. The Kier molecular flexibility index (Phi) is 5.08. The fourth-order valence-electron chi connectivity index (χ4n) is 2.23. The molecule has 0 spiro atoms. The molecule has 5 nitrogen and oxygen atoms in total. The molecule has 3 N–H and O–H groups in total. The molecule has 7 heteroatoms. The molecule has 2 rings (SSSR count). The summed E-state index contributed by atoms with van der Waals surface area (Å²) in [6.07, 6.45) is 2.23. The van der Waals surface area contributed by atoms with Crippen LogP contribution in [0.1, 0.15) is 25.7 Å². The third-order valence-electron chi connectivity index (χ3n) is 3.66. The molecule has 1 fully saturated rings. The van der Waals surface area contributed by atoms with Gasteiger partial charge in [-0.2, -0.15) is 0 Å². The number of benzene rings is 1. The average molecular weight is 331 g/mol. The van der Waals surface area contributed by atoms with E-state index in [1.807, 2.05) is 0 Å². The van der Waals surface area contributed by atoms with Crippen molar-refractivity contribution >= 4 is 40.8 Å². The molecule has 1 aliphatic carbocycles. The van der Waals surface area contributed by atoms with Crippen LogP contribution in [-0.4, -0.2) is 29.1 Å². The standard InChI is InChI=1S/C14H16Cl2N2O3/c15-9-3-1-4-10(16)12(9)18-11(19)5-8-17-14(13(20)21)6-2-7-14/h1,3-4,17H,2,5-8H2,(H,18,19)(H,20,21). The predicted molar refractivity (Wildman–Crippen MR) is 81.9 cm³/mol. The van der Waals surface area contributed by atoms with E-state index in [4.69, 9.17) is 28.3 Å². The number of para-hydroxylation sites is 1. The van der Waals surface area contributed by atoms with Crippen LogP contribution in [0.15, 0.2) is 18.2 Å². The van der Waals surface area contributed by atoms with Gasteiger partial charge in [0, 0.05) is 13.0 Å². The van der Waals surface area contributed by atoms with E-state index in [9.17, 15) is 9.59 Å². The zero-order valence-electron chi connectivity index (χ0n) is 11.3. The second-order valence-corrected chi connectivity index (χ2v) is 5.88. The van der Waals surface area contributed by atoms with Crippen LogP contribution in [0.5, 0.6) is 0 Å². The number of carboxylic acid groups (broad SMARTS) is 1. The largest absolute Gasteiger partial charge is 0.480 e. The van der Waals surface area contributed by atoms with Gasteiger partial charge >= 0.3 is 5.97 Å². The average Bonchev–Trinajstić information content (AvgIpc) is 2.36. The highest BCUT2D eigenvalue weighted by Crippen LogP contribution is 2.32. The summed E-state index contributed by atoms with van der Waals surface area (Å²) >= 11 is 11.9. The van der Waals surface area contributed by atoms with Crippen molar-refractivity contribution in [1.82, 2.24) is 5.32 Å². The number of anilines is 1. The first-order valence-electron chi connectivity index (χ1n) is 6.67. The van der Waals surface area contributed by atoms with Gasteiger partial charge in [0.1, 0.15) is 5.54 Å². The van der Waals surface area contributed by atoms with Crippen molar-refractivity contribution in [1.29, 1.82) is 0 Å². The number of amides is 1. The summed E-state index contributed by atoms with van der Waals surface area (Å²) in [6, 6.07) is 4.96.